The first kappa shape index (κ1) is 13.8. The molecule has 2 heterocycles. The van der Waals surface area contributed by atoms with Crippen molar-refractivity contribution in [2.75, 3.05) is 0 Å². The summed E-state index contributed by atoms with van der Waals surface area (Å²) < 4.78 is 2.19. The molecule has 1 N–H and O–H groups in total. The monoisotopic (exact) mass is 279 g/mol. The van der Waals surface area contributed by atoms with Crippen molar-refractivity contribution in [3.05, 3.63) is 66.1 Å². The van der Waals surface area contributed by atoms with E-state index in [-0.39, 0.29) is 0 Å². The number of fused-ring (bicyclic) bond motifs is 1. The van der Waals surface area contributed by atoms with Crippen LogP contribution in [0.15, 0.2) is 54.9 Å². The lowest BCUT2D eigenvalue weighted by Crippen LogP contribution is -2.21. The predicted molar refractivity (Wildman–Crippen MR) is 87.3 cm³/mol. The number of hydrogen-bond donors (Lipinski definition) is 1. The van der Waals surface area contributed by atoms with Gasteiger partial charge in [-0.05, 0) is 23.8 Å². The third kappa shape index (κ3) is 3.50. The molecule has 0 amide bonds. The first-order valence-corrected chi connectivity index (χ1v) is 7.43. The first-order chi connectivity index (χ1) is 10.2. The van der Waals surface area contributed by atoms with Crippen LogP contribution in [0.2, 0.25) is 0 Å². The van der Waals surface area contributed by atoms with Gasteiger partial charge in [-0.1, -0.05) is 38.1 Å². The van der Waals surface area contributed by atoms with E-state index in [1.165, 1.54) is 10.9 Å². The molecule has 0 aliphatic carbocycles. The van der Waals surface area contributed by atoms with Crippen molar-refractivity contribution >= 4 is 10.9 Å². The lowest BCUT2D eigenvalue weighted by atomic mass is 10.2. The number of aromatic nitrogens is 2. The van der Waals surface area contributed by atoms with Crippen molar-refractivity contribution in [2.45, 2.75) is 33.0 Å². The van der Waals surface area contributed by atoms with E-state index >= 15 is 0 Å². The van der Waals surface area contributed by atoms with Crippen LogP contribution in [0.5, 0.6) is 0 Å². The maximum atomic E-state index is 4.72. The number of benzene rings is 1. The molecule has 2 aromatic heterocycles. The van der Waals surface area contributed by atoms with Crippen LogP contribution in [-0.4, -0.2) is 15.6 Å². The van der Waals surface area contributed by atoms with E-state index in [0.29, 0.717) is 6.04 Å². The molecule has 3 rings (SSSR count). The Bertz CT molecular complexity index is 728. The van der Waals surface area contributed by atoms with Gasteiger partial charge in [-0.25, -0.2) is 0 Å². The minimum Gasteiger partial charge on any atom is -0.348 e. The number of nitrogens with one attached hydrogen (secondary N) is 1. The van der Waals surface area contributed by atoms with Gasteiger partial charge in [0.15, 0.2) is 0 Å². The standard InChI is InChI=1S/C18H21N3/c1-14(2)19-11-15-9-10-21(12-15)13-17-8-7-16-5-3-4-6-18(16)20-17/h3-10,12,14,19H,11,13H2,1-2H3. The molecule has 0 unspecified atom stereocenters. The first-order valence-electron chi connectivity index (χ1n) is 7.43. The molecule has 0 spiro atoms. The van der Waals surface area contributed by atoms with E-state index < -0.39 is 0 Å². The fourth-order valence-corrected chi connectivity index (χ4v) is 2.40. The lowest BCUT2D eigenvalue weighted by molar-refractivity contribution is 0.588. The highest BCUT2D eigenvalue weighted by atomic mass is 15.0. The van der Waals surface area contributed by atoms with Gasteiger partial charge in [0.1, 0.15) is 0 Å². The summed E-state index contributed by atoms with van der Waals surface area (Å²) in [4.78, 5) is 4.72. The molecule has 3 heteroatoms. The zero-order valence-electron chi connectivity index (χ0n) is 12.6. The molecule has 0 bridgehead atoms. The fourth-order valence-electron chi connectivity index (χ4n) is 2.40. The van der Waals surface area contributed by atoms with E-state index in [2.05, 4.69) is 66.5 Å². The van der Waals surface area contributed by atoms with Crippen molar-refractivity contribution in [2.24, 2.45) is 0 Å². The summed E-state index contributed by atoms with van der Waals surface area (Å²) >= 11 is 0. The smallest absolute Gasteiger partial charge is 0.0706 e. The largest absolute Gasteiger partial charge is 0.348 e. The van der Waals surface area contributed by atoms with Crippen LogP contribution in [-0.2, 0) is 13.1 Å². The average Bonchev–Trinajstić information content (AvgIpc) is 2.92. The van der Waals surface area contributed by atoms with E-state index in [9.17, 15) is 0 Å². The second-order valence-corrected chi connectivity index (χ2v) is 5.72. The Labute approximate surface area is 125 Å². The van der Waals surface area contributed by atoms with Gasteiger partial charge in [0.2, 0.25) is 0 Å². The maximum Gasteiger partial charge on any atom is 0.0706 e. The molecule has 1 aromatic carbocycles. The fraction of sp³-hybridized carbons (Fsp3) is 0.278. The van der Waals surface area contributed by atoms with Crippen molar-refractivity contribution in [1.82, 2.24) is 14.9 Å². The van der Waals surface area contributed by atoms with Crippen LogP contribution < -0.4 is 5.32 Å². The number of hydrogen-bond acceptors (Lipinski definition) is 2. The van der Waals surface area contributed by atoms with E-state index in [1.807, 2.05) is 12.1 Å². The van der Waals surface area contributed by atoms with Crippen LogP contribution in [0.1, 0.15) is 25.1 Å². The normalized spacial score (nSPS) is 11.4. The maximum absolute atomic E-state index is 4.72. The predicted octanol–water partition coefficient (Wildman–Crippen LogP) is 3.58. The Kier molecular flexibility index (Phi) is 4.02. The Morgan fingerprint density at radius 1 is 1.10 bits per heavy atom. The Balaban J connectivity index is 1.72. The van der Waals surface area contributed by atoms with Crippen molar-refractivity contribution in [1.29, 1.82) is 0 Å². The Morgan fingerprint density at radius 3 is 2.81 bits per heavy atom. The lowest BCUT2D eigenvalue weighted by Gasteiger charge is -2.06. The molecule has 0 radical (unpaired) electrons. The molecule has 0 saturated heterocycles. The number of rotatable bonds is 5. The van der Waals surface area contributed by atoms with E-state index in [1.54, 1.807) is 0 Å². The molecule has 21 heavy (non-hydrogen) atoms. The molecule has 108 valence electrons. The summed E-state index contributed by atoms with van der Waals surface area (Å²) in [5, 5.41) is 4.62. The van der Waals surface area contributed by atoms with Gasteiger partial charge in [-0.15, -0.1) is 0 Å². The topological polar surface area (TPSA) is 29.9 Å². The molecule has 0 fully saturated rings. The van der Waals surface area contributed by atoms with Crippen molar-refractivity contribution < 1.29 is 0 Å². The zero-order chi connectivity index (χ0) is 14.7. The summed E-state index contributed by atoms with van der Waals surface area (Å²) in [6.45, 7) is 6.05. The van der Waals surface area contributed by atoms with Gasteiger partial charge < -0.3 is 9.88 Å². The third-order valence-corrected chi connectivity index (χ3v) is 3.53. The average molecular weight is 279 g/mol. The molecule has 0 saturated carbocycles. The Hall–Kier alpha value is -2.13. The van der Waals surface area contributed by atoms with Crippen LogP contribution in [0, 0.1) is 0 Å². The number of nitrogens with zero attached hydrogens (tertiary/aromatic N) is 2. The molecule has 3 nitrogen and oxygen atoms in total. The van der Waals surface area contributed by atoms with Gasteiger partial charge in [0.25, 0.3) is 0 Å². The summed E-state index contributed by atoms with van der Waals surface area (Å²) in [7, 11) is 0. The van der Waals surface area contributed by atoms with Gasteiger partial charge in [-0.3, -0.25) is 4.98 Å². The minimum absolute atomic E-state index is 0.510. The summed E-state index contributed by atoms with van der Waals surface area (Å²) in [5.74, 6) is 0. The number of para-hydroxylation sites is 1. The van der Waals surface area contributed by atoms with Gasteiger partial charge in [0.05, 0.1) is 17.8 Å². The summed E-state index contributed by atoms with van der Waals surface area (Å²) in [5.41, 5.74) is 3.46. The Morgan fingerprint density at radius 2 is 1.95 bits per heavy atom. The van der Waals surface area contributed by atoms with Crippen molar-refractivity contribution in [3.63, 3.8) is 0 Å². The van der Waals surface area contributed by atoms with Gasteiger partial charge in [-0.2, -0.15) is 0 Å². The molecular weight excluding hydrogens is 258 g/mol. The quantitative estimate of drug-likeness (QED) is 0.773. The zero-order valence-corrected chi connectivity index (χ0v) is 12.6. The van der Waals surface area contributed by atoms with Crippen LogP contribution in [0.25, 0.3) is 10.9 Å². The summed E-state index contributed by atoms with van der Waals surface area (Å²) in [6.07, 6.45) is 4.31. The molecule has 3 aromatic rings. The van der Waals surface area contributed by atoms with Gasteiger partial charge >= 0.3 is 0 Å². The highest BCUT2D eigenvalue weighted by Crippen LogP contribution is 2.13. The van der Waals surface area contributed by atoms with Gasteiger partial charge in [0, 0.05) is 30.4 Å². The van der Waals surface area contributed by atoms with Crippen LogP contribution in [0.3, 0.4) is 0 Å². The molecule has 0 aliphatic rings. The highest BCUT2D eigenvalue weighted by Gasteiger charge is 2.02. The molecule has 0 atom stereocenters. The van der Waals surface area contributed by atoms with E-state index in [0.717, 1.165) is 24.3 Å². The van der Waals surface area contributed by atoms with E-state index in [4.69, 9.17) is 4.98 Å². The molecule has 0 aliphatic heterocycles. The second-order valence-electron chi connectivity index (χ2n) is 5.72. The van der Waals surface area contributed by atoms with Crippen molar-refractivity contribution in [3.8, 4) is 0 Å². The van der Waals surface area contributed by atoms with Crippen LogP contribution in [0.4, 0.5) is 0 Å². The summed E-state index contributed by atoms with van der Waals surface area (Å²) in [6, 6.07) is 15.2. The number of pyridine rings is 1. The van der Waals surface area contributed by atoms with Crippen LogP contribution >= 0.6 is 0 Å². The third-order valence-electron chi connectivity index (χ3n) is 3.53. The second kappa shape index (κ2) is 6.10. The highest BCUT2D eigenvalue weighted by molar-refractivity contribution is 5.78. The SMILES string of the molecule is CC(C)NCc1ccn(Cc2ccc3ccccc3n2)c1. The molecular formula is C18H21N3. The minimum atomic E-state index is 0.510.